The highest BCUT2D eigenvalue weighted by molar-refractivity contribution is 7.89. The van der Waals surface area contributed by atoms with Crippen LogP contribution in [-0.2, 0) is 10.0 Å². The summed E-state index contributed by atoms with van der Waals surface area (Å²) in [6.07, 6.45) is 0. The third-order valence-corrected chi connectivity index (χ3v) is 2.49. The van der Waals surface area contributed by atoms with Gasteiger partial charge < -0.3 is 17.0 Å². The highest BCUT2D eigenvalue weighted by Crippen LogP contribution is 2.16. The number of benzene rings is 1. The molecule has 0 amide bonds. The highest BCUT2D eigenvalue weighted by Gasteiger charge is 2.13. The van der Waals surface area contributed by atoms with Crippen LogP contribution in [0.25, 0.3) is 0 Å². The van der Waals surface area contributed by atoms with Gasteiger partial charge in [0.25, 0.3) is 0 Å². The molecule has 0 aliphatic heterocycles. The summed E-state index contributed by atoms with van der Waals surface area (Å²) in [5.41, 5.74) is 5.03. The number of carbonyl (C=O) groups is 1. The van der Waals surface area contributed by atoms with Gasteiger partial charge in [0.05, 0.1) is 10.5 Å². The number of rotatable bonds is 2. The number of primary sulfonamides is 1. The predicted octanol–water partition coefficient (Wildman–Crippen LogP) is -0.00940. The highest BCUT2D eigenvalue weighted by atomic mass is 32.2. The molecule has 0 aliphatic rings. The fourth-order valence-electron chi connectivity index (χ4n) is 0.898. The maximum atomic E-state index is 10.9. The lowest BCUT2D eigenvalue weighted by atomic mass is 10.2. The van der Waals surface area contributed by atoms with Gasteiger partial charge in [-0.05, 0) is 18.2 Å². The van der Waals surface area contributed by atoms with E-state index in [0.29, 0.717) is 0 Å². The Labute approximate surface area is 86.3 Å². The summed E-state index contributed by atoms with van der Waals surface area (Å²) < 4.78 is 21.7. The number of hydrogen-bond acceptors (Lipinski definition) is 4. The number of hydrogen-bond donors (Lipinski definition) is 4. The third-order valence-electron chi connectivity index (χ3n) is 1.58. The quantitative estimate of drug-likeness (QED) is 0.528. The van der Waals surface area contributed by atoms with E-state index < -0.39 is 16.0 Å². The summed E-state index contributed by atoms with van der Waals surface area (Å²) in [6, 6.07) is 3.26. The average Bonchev–Trinajstić information content (AvgIpc) is 2.02. The van der Waals surface area contributed by atoms with Crippen LogP contribution in [-0.4, -0.2) is 19.5 Å². The molecule has 0 aromatic heterocycles. The molecule has 8 heteroatoms. The molecular formula is C7H12N3O4S+. The lowest BCUT2D eigenvalue weighted by Crippen LogP contribution is -2.13. The van der Waals surface area contributed by atoms with E-state index in [4.69, 9.17) is 16.0 Å². The van der Waals surface area contributed by atoms with Crippen LogP contribution < -0.4 is 17.0 Å². The molecule has 0 unspecified atom stereocenters. The van der Waals surface area contributed by atoms with E-state index in [-0.39, 0.29) is 22.3 Å². The number of quaternary nitrogens is 1. The lowest BCUT2D eigenvalue weighted by Gasteiger charge is -2.02. The van der Waals surface area contributed by atoms with Crippen LogP contribution >= 0.6 is 0 Å². The monoisotopic (exact) mass is 234 g/mol. The molecule has 1 aromatic carbocycles. The van der Waals surface area contributed by atoms with E-state index in [0.717, 1.165) is 12.1 Å². The third kappa shape index (κ3) is 2.91. The summed E-state index contributed by atoms with van der Waals surface area (Å²) in [4.78, 5) is 10.3. The number of carboxylic acids is 1. The Morgan fingerprint density at radius 1 is 1.33 bits per heavy atom. The van der Waals surface area contributed by atoms with E-state index >= 15 is 0 Å². The Kier molecular flexibility index (Phi) is 3.79. The topological polar surface area (TPSA) is 160 Å². The first kappa shape index (κ1) is 13.4. The number of nitrogen functional groups attached to an aromatic ring is 1. The van der Waals surface area contributed by atoms with Crippen LogP contribution in [0.3, 0.4) is 0 Å². The number of aromatic carboxylic acids is 1. The summed E-state index contributed by atoms with van der Waals surface area (Å²) in [5, 5.41) is 13.5. The zero-order chi connectivity index (χ0) is 10.9. The van der Waals surface area contributed by atoms with E-state index in [2.05, 4.69) is 0 Å². The van der Waals surface area contributed by atoms with Crippen LogP contribution in [0.2, 0.25) is 0 Å². The second-order valence-corrected chi connectivity index (χ2v) is 4.16. The SMILES string of the molecule is Nc1ccc(S(N)(=O)=O)cc1C(=O)O.[NH4+]. The smallest absolute Gasteiger partial charge is 0.337 e. The Bertz CT molecular complexity index is 483. The predicted molar refractivity (Wildman–Crippen MR) is 55.2 cm³/mol. The lowest BCUT2D eigenvalue weighted by molar-refractivity contribution is 0.0698. The van der Waals surface area contributed by atoms with Gasteiger partial charge in [0.1, 0.15) is 0 Å². The molecule has 0 saturated heterocycles. The molecule has 1 aromatic rings. The maximum Gasteiger partial charge on any atom is 0.337 e. The van der Waals surface area contributed by atoms with Crippen LogP contribution in [0.4, 0.5) is 5.69 Å². The van der Waals surface area contributed by atoms with Gasteiger partial charge in [-0.15, -0.1) is 0 Å². The second kappa shape index (κ2) is 4.26. The van der Waals surface area contributed by atoms with Crippen molar-refractivity contribution in [2.24, 2.45) is 5.14 Å². The molecule has 7 nitrogen and oxygen atoms in total. The molecular weight excluding hydrogens is 222 g/mol. The van der Waals surface area contributed by atoms with Gasteiger partial charge in [-0.1, -0.05) is 0 Å². The zero-order valence-corrected chi connectivity index (χ0v) is 8.78. The number of sulfonamides is 1. The average molecular weight is 234 g/mol. The van der Waals surface area contributed by atoms with Crippen molar-refractivity contribution in [3.63, 3.8) is 0 Å². The summed E-state index contributed by atoms with van der Waals surface area (Å²) in [7, 11) is -3.89. The first-order chi connectivity index (χ1) is 6.32. The van der Waals surface area contributed by atoms with Crippen molar-refractivity contribution >= 4 is 21.7 Å². The van der Waals surface area contributed by atoms with Gasteiger partial charge >= 0.3 is 5.97 Å². The first-order valence-electron chi connectivity index (χ1n) is 3.48. The molecule has 0 heterocycles. The molecule has 0 aliphatic carbocycles. The number of anilines is 1. The Morgan fingerprint density at radius 3 is 2.27 bits per heavy atom. The largest absolute Gasteiger partial charge is 0.478 e. The van der Waals surface area contributed by atoms with Crippen molar-refractivity contribution in [3.05, 3.63) is 23.8 Å². The van der Waals surface area contributed by atoms with E-state index in [1.807, 2.05) is 0 Å². The van der Waals surface area contributed by atoms with E-state index in [9.17, 15) is 13.2 Å². The van der Waals surface area contributed by atoms with Crippen molar-refractivity contribution in [3.8, 4) is 0 Å². The molecule has 0 saturated carbocycles. The normalized spacial score (nSPS) is 10.5. The summed E-state index contributed by atoms with van der Waals surface area (Å²) >= 11 is 0. The molecule has 0 fully saturated rings. The van der Waals surface area contributed by atoms with Gasteiger partial charge in [-0.25, -0.2) is 18.4 Å². The fraction of sp³-hybridized carbons (Fsp3) is 0. The minimum atomic E-state index is -3.89. The van der Waals surface area contributed by atoms with Crippen LogP contribution in [0, 0.1) is 0 Å². The molecule has 0 atom stereocenters. The summed E-state index contributed by atoms with van der Waals surface area (Å²) in [5.74, 6) is -1.30. The number of carboxylic acid groups (broad SMARTS) is 1. The van der Waals surface area contributed by atoms with Gasteiger partial charge in [0.2, 0.25) is 10.0 Å². The van der Waals surface area contributed by atoms with Crippen LogP contribution in [0.5, 0.6) is 0 Å². The zero-order valence-electron chi connectivity index (χ0n) is 7.97. The molecule has 1 rings (SSSR count). The van der Waals surface area contributed by atoms with Crippen molar-refractivity contribution in [2.75, 3.05) is 5.73 Å². The maximum absolute atomic E-state index is 10.9. The summed E-state index contributed by atoms with van der Waals surface area (Å²) in [6.45, 7) is 0. The van der Waals surface area contributed by atoms with E-state index in [1.54, 1.807) is 0 Å². The molecule has 84 valence electrons. The molecule has 0 bridgehead atoms. The Balaban J connectivity index is 0.00000196. The minimum Gasteiger partial charge on any atom is -0.478 e. The van der Waals surface area contributed by atoms with Crippen molar-refractivity contribution in [2.45, 2.75) is 4.90 Å². The molecule has 0 spiro atoms. The molecule has 0 radical (unpaired) electrons. The molecule has 9 N–H and O–H groups in total. The number of nitrogens with two attached hydrogens (primary N) is 2. The molecule has 15 heavy (non-hydrogen) atoms. The minimum absolute atomic E-state index is 0. The standard InChI is InChI=1S/C7H8N2O4S.H3N/c8-6-2-1-4(14(9,12)13)3-5(6)7(10)11;/h1-3H,8H2,(H,10,11)(H2,9,12,13);1H3/p+1. The fourth-order valence-corrected chi connectivity index (χ4v) is 1.44. The van der Waals surface area contributed by atoms with Crippen LogP contribution in [0.1, 0.15) is 10.4 Å². The van der Waals surface area contributed by atoms with Gasteiger partial charge in [-0.2, -0.15) is 0 Å². The second-order valence-electron chi connectivity index (χ2n) is 2.60. The Morgan fingerprint density at radius 2 is 1.87 bits per heavy atom. The van der Waals surface area contributed by atoms with Gasteiger partial charge in [0.15, 0.2) is 0 Å². The van der Waals surface area contributed by atoms with Crippen molar-refractivity contribution in [1.29, 1.82) is 0 Å². The Hall–Kier alpha value is -1.64. The van der Waals surface area contributed by atoms with Crippen molar-refractivity contribution in [1.82, 2.24) is 6.15 Å². The van der Waals surface area contributed by atoms with Gasteiger partial charge in [0, 0.05) is 5.69 Å². The first-order valence-corrected chi connectivity index (χ1v) is 5.02. The van der Waals surface area contributed by atoms with Crippen molar-refractivity contribution < 1.29 is 18.3 Å². The van der Waals surface area contributed by atoms with Gasteiger partial charge in [-0.3, -0.25) is 0 Å². The van der Waals surface area contributed by atoms with Crippen LogP contribution in [0.15, 0.2) is 23.1 Å². The van der Waals surface area contributed by atoms with E-state index in [1.165, 1.54) is 6.07 Å².